The molecule has 1 atom stereocenters. The summed E-state index contributed by atoms with van der Waals surface area (Å²) in [7, 11) is 0. The summed E-state index contributed by atoms with van der Waals surface area (Å²) in [6.07, 6.45) is 8.24. The maximum atomic E-state index is 3.72. The van der Waals surface area contributed by atoms with Crippen molar-refractivity contribution in [2.75, 3.05) is 19.6 Å². The maximum Gasteiger partial charge on any atom is 0.0220 e. The summed E-state index contributed by atoms with van der Waals surface area (Å²) >= 11 is 0. The molecule has 0 amide bonds. The smallest absolute Gasteiger partial charge is 0.0220 e. The zero-order valence-corrected chi connectivity index (χ0v) is 12.0. The fourth-order valence-electron chi connectivity index (χ4n) is 2.83. The van der Waals surface area contributed by atoms with Crippen molar-refractivity contribution in [3.05, 3.63) is 0 Å². The zero-order valence-electron chi connectivity index (χ0n) is 12.0. The molecule has 1 saturated heterocycles. The van der Waals surface area contributed by atoms with E-state index in [9.17, 15) is 0 Å². The molecule has 1 aliphatic heterocycles. The summed E-state index contributed by atoms with van der Waals surface area (Å²) in [5, 5.41) is 3.72. The van der Waals surface area contributed by atoms with E-state index in [2.05, 4.69) is 31.0 Å². The molecule has 2 heteroatoms. The van der Waals surface area contributed by atoms with Gasteiger partial charge in [0.05, 0.1) is 0 Å². The SMILES string of the molecule is CCCC(CNC1CC1)N1CCC(C)(C)CC1. The molecule has 1 N–H and O–H groups in total. The molecular formula is C15H30N2. The third kappa shape index (κ3) is 4.26. The lowest BCUT2D eigenvalue weighted by Crippen LogP contribution is -2.48. The van der Waals surface area contributed by atoms with Gasteiger partial charge in [0.15, 0.2) is 0 Å². The van der Waals surface area contributed by atoms with Gasteiger partial charge in [0.1, 0.15) is 0 Å². The Kier molecular flexibility index (Phi) is 4.48. The minimum Gasteiger partial charge on any atom is -0.312 e. The number of hydrogen-bond acceptors (Lipinski definition) is 2. The Morgan fingerprint density at radius 3 is 2.41 bits per heavy atom. The highest BCUT2D eigenvalue weighted by atomic mass is 15.2. The van der Waals surface area contributed by atoms with Crippen LogP contribution >= 0.6 is 0 Å². The summed E-state index contributed by atoms with van der Waals surface area (Å²) in [6, 6.07) is 1.65. The van der Waals surface area contributed by atoms with Crippen molar-refractivity contribution in [1.82, 2.24) is 10.2 Å². The Hall–Kier alpha value is -0.0800. The molecule has 0 radical (unpaired) electrons. The van der Waals surface area contributed by atoms with Crippen molar-refractivity contribution in [3.8, 4) is 0 Å². The Bertz CT molecular complexity index is 223. The lowest BCUT2D eigenvalue weighted by atomic mass is 9.82. The molecule has 0 aromatic rings. The van der Waals surface area contributed by atoms with Gasteiger partial charge in [-0.3, -0.25) is 4.90 Å². The van der Waals surface area contributed by atoms with Gasteiger partial charge in [0.25, 0.3) is 0 Å². The van der Waals surface area contributed by atoms with Crippen LogP contribution < -0.4 is 5.32 Å². The average molecular weight is 238 g/mol. The fourth-order valence-corrected chi connectivity index (χ4v) is 2.83. The normalized spacial score (nSPS) is 27.0. The first kappa shape index (κ1) is 13.4. The molecular weight excluding hydrogens is 208 g/mol. The quantitative estimate of drug-likeness (QED) is 0.765. The van der Waals surface area contributed by atoms with Gasteiger partial charge in [-0.1, -0.05) is 27.2 Å². The lowest BCUT2D eigenvalue weighted by Gasteiger charge is -2.41. The van der Waals surface area contributed by atoms with E-state index in [1.54, 1.807) is 0 Å². The molecule has 17 heavy (non-hydrogen) atoms. The molecule has 1 saturated carbocycles. The van der Waals surface area contributed by atoms with E-state index in [1.165, 1.54) is 58.2 Å². The first-order chi connectivity index (χ1) is 8.11. The standard InChI is InChI=1S/C15H30N2/c1-4-5-14(12-16-13-6-7-13)17-10-8-15(2,3)9-11-17/h13-14,16H,4-12H2,1-3H3. The molecule has 2 fully saturated rings. The number of hydrogen-bond donors (Lipinski definition) is 1. The number of nitrogens with zero attached hydrogens (tertiary/aromatic N) is 1. The molecule has 0 aromatic heterocycles. The van der Waals surface area contributed by atoms with Crippen molar-refractivity contribution in [2.24, 2.45) is 5.41 Å². The van der Waals surface area contributed by atoms with Crippen LogP contribution in [0.2, 0.25) is 0 Å². The Balaban J connectivity index is 1.78. The predicted octanol–water partition coefficient (Wildman–Crippen LogP) is 3.03. The van der Waals surface area contributed by atoms with Gasteiger partial charge in [0, 0.05) is 18.6 Å². The van der Waals surface area contributed by atoms with Crippen LogP contribution in [-0.2, 0) is 0 Å². The van der Waals surface area contributed by atoms with Crippen LogP contribution in [-0.4, -0.2) is 36.6 Å². The molecule has 100 valence electrons. The number of rotatable bonds is 6. The van der Waals surface area contributed by atoms with Gasteiger partial charge >= 0.3 is 0 Å². The van der Waals surface area contributed by atoms with Crippen molar-refractivity contribution in [1.29, 1.82) is 0 Å². The van der Waals surface area contributed by atoms with Crippen LogP contribution in [0.15, 0.2) is 0 Å². The van der Waals surface area contributed by atoms with Crippen LogP contribution in [0.3, 0.4) is 0 Å². The van der Waals surface area contributed by atoms with E-state index in [1.807, 2.05) is 0 Å². The molecule has 1 aliphatic carbocycles. The fraction of sp³-hybridized carbons (Fsp3) is 1.00. The maximum absolute atomic E-state index is 3.72. The highest BCUT2D eigenvalue weighted by molar-refractivity contribution is 4.87. The highest BCUT2D eigenvalue weighted by Gasteiger charge is 2.30. The largest absolute Gasteiger partial charge is 0.312 e. The lowest BCUT2D eigenvalue weighted by molar-refractivity contribution is 0.0885. The van der Waals surface area contributed by atoms with Crippen LogP contribution in [0.1, 0.15) is 59.3 Å². The summed E-state index contributed by atoms with van der Waals surface area (Å²) in [5.41, 5.74) is 0.581. The molecule has 2 nitrogen and oxygen atoms in total. The topological polar surface area (TPSA) is 15.3 Å². The van der Waals surface area contributed by atoms with Gasteiger partial charge in [-0.15, -0.1) is 0 Å². The minimum atomic E-state index is 0.581. The first-order valence-corrected chi connectivity index (χ1v) is 7.58. The van der Waals surface area contributed by atoms with Gasteiger partial charge in [-0.25, -0.2) is 0 Å². The number of piperidine rings is 1. The highest BCUT2D eigenvalue weighted by Crippen LogP contribution is 2.31. The number of nitrogens with one attached hydrogen (secondary N) is 1. The molecule has 0 aromatic carbocycles. The molecule has 0 bridgehead atoms. The van der Waals surface area contributed by atoms with E-state index < -0.39 is 0 Å². The Morgan fingerprint density at radius 2 is 1.88 bits per heavy atom. The Labute approximate surface area is 107 Å². The monoisotopic (exact) mass is 238 g/mol. The molecule has 2 rings (SSSR count). The second-order valence-corrected chi connectivity index (χ2v) is 6.83. The first-order valence-electron chi connectivity index (χ1n) is 7.58. The van der Waals surface area contributed by atoms with Crippen LogP contribution in [0.4, 0.5) is 0 Å². The third-order valence-corrected chi connectivity index (χ3v) is 4.51. The minimum absolute atomic E-state index is 0.581. The average Bonchev–Trinajstić information content (AvgIpc) is 3.08. The second kappa shape index (κ2) is 5.71. The molecule has 2 aliphatic rings. The van der Waals surface area contributed by atoms with E-state index in [4.69, 9.17) is 0 Å². The van der Waals surface area contributed by atoms with Crippen LogP contribution in [0, 0.1) is 5.41 Å². The van der Waals surface area contributed by atoms with E-state index in [-0.39, 0.29) is 0 Å². The van der Waals surface area contributed by atoms with Gasteiger partial charge in [-0.05, 0) is 50.6 Å². The van der Waals surface area contributed by atoms with Crippen molar-refractivity contribution in [2.45, 2.75) is 71.4 Å². The van der Waals surface area contributed by atoms with Crippen molar-refractivity contribution in [3.63, 3.8) is 0 Å². The molecule has 0 spiro atoms. The van der Waals surface area contributed by atoms with Crippen LogP contribution in [0.25, 0.3) is 0 Å². The third-order valence-electron chi connectivity index (χ3n) is 4.51. The van der Waals surface area contributed by atoms with Crippen molar-refractivity contribution >= 4 is 0 Å². The zero-order chi connectivity index (χ0) is 12.3. The van der Waals surface area contributed by atoms with Crippen LogP contribution in [0.5, 0.6) is 0 Å². The van der Waals surface area contributed by atoms with E-state index in [0.29, 0.717) is 5.41 Å². The second-order valence-electron chi connectivity index (χ2n) is 6.83. The number of likely N-dealkylation sites (tertiary alicyclic amines) is 1. The summed E-state index contributed by atoms with van der Waals surface area (Å²) in [5.74, 6) is 0. The summed E-state index contributed by atoms with van der Waals surface area (Å²) < 4.78 is 0. The van der Waals surface area contributed by atoms with Gasteiger partial charge in [0.2, 0.25) is 0 Å². The Morgan fingerprint density at radius 1 is 1.24 bits per heavy atom. The molecule has 1 unspecified atom stereocenters. The van der Waals surface area contributed by atoms with Crippen molar-refractivity contribution < 1.29 is 0 Å². The van der Waals surface area contributed by atoms with E-state index in [0.717, 1.165) is 12.1 Å². The molecule has 1 heterocycles. The van der Waals surface area contributed by atoms with E-state index >= 15 is 0 Å². The summed E-state index contributed by atoms with van der Waals surface area (Å²) in [4.78, 5) is 2.74. The summed E-state index contributed by atoms with van der Waals surface area (Å²) in [6.45, 7) is 11.0. The van der Waals surface area contributed by atoms with Gasteiger partial charge in [-0.2, -0.15) is 0 Å². The predicted molar refractivity (Wildman–Crippen MR) is 74.3 cm³/mol. The van der Waals surface area contributed by atoms with Gasteiger partial charge < -0.3 is 5.32 Å².